The van der Waals surface area contributed by atoms with Crippen LogP contribution in [0, 0.1) is 0 Å². The van der Waals surface area contributed by atoms with Gasteiger partial charge in [0.25, 0.3) is 0 Å². The van der Waals surface area contributed by atoms with Crippen molar-refractivity contribution < 1.29 is 9.47 Å². The first-order valence-electron chi connectivity index (χ1n) is 7.42. The molecule has 1 saturated carbocycles. The van der Waals surface area contributed by atoms with Gasteiger partial charge in [-0.3, -0.25) is 0 Å². The van der Waals surface area contributed by atoms with E-state index in [-0.39, 0.29) is 0 Å². The Morgan fingerprint density at radius 2 is 1.63 bits per heavy atom. The highest BCUT2D eigenvalue weighted by Crippen LogP contribution is 2.19. The van der Waals surface area contributed by atoms with Crippen LogP contribution in [-0.4, -0.2) is 19.3 Å². The Labute approximate surface area is 116 Å². The van der Waals surface area contributed by atoms with Crippen molar-refractivity contribution in [3.8, 4) is 5.75 Å². The predicted octanol–water partition coefficient (Wildman–Crippen LogP) is 3.26. The molecule has 1 aliphatic rings. The van der Waals surface area contributed by atoms with Gasteiger partial charge in [-0.25, -0.2) is 0 Å². The number of hydrogen-bond donors (Lipinski definition) is 1. The van der Waals surface area contributed by atoms with Crippen molar-refractivity contribution in [2.75, 3.05) is 13.2 Å². The molecule has 1 aromatic rings. The largest absolute Gasteiger partial charge is 0.491 e. The SMILES string of the molecule is NCc1ccc(OCCOC2CCCCCC2)cc1. The summed E-state index contributed by atoms with van der Waals surface area (Å²) < 4.78 is 11.5. The quantitative estimate of drug-likeness (QED) is 0.633. The molecule has 0 saturated heterocycles. The lowest BCUT2D eigenvalue weighted by Gasteiger charge is -2.15. The highest BCUT2D eigenvalue weighted by atomic mass is 16.5. The van der Waals surface area contributed by atoms with Crippen LogP contribution in [0.3, 0.4) is 0 Å². The summed E-state index contributed by atoms with van der Waals surface area (Å²) >= 11 is 0. The van der Waals surface area contributed by atoms with E-state index in [1.54, 1.807) is 0 Å². The second-order valence-corrected chi connectivity index (χ2v) is 5.18. The van der Waals surface area contributed by atoms with Gasteiger partial charge in [-0.05, 0) is 30.5 Å². The normalized spacial score (nSPS) is 17.1. The molecular formula is C16H25NO2. The van der Waals surface area contributed by atoms with E-state index in [0.29, 0.717) is 25.9 Å². The second-order valence-electron chi connectivity index (χ2n) is 5.18. The first-order chi connectivity index (χ1) is 9.38. The molecule has 106 valence electrons. The molecule has 1 aliphatic carbocycles. The molecule has 0 atom stereocenters. The van der Waals surface area contributed by atoms with Crippen LogP contribution in [0.2, 0.25) is 0 Å². The molecular weight excluding hydrogens is 238 g/mol. The smallest absolute Gasteiger partial charge is 0.119 e. The third kappa shape index (κ3) is 5.21. The van der Waals surface area contributed by atoms with E-state index in [0.717, 1.165) is 11.3 Å². The van der Waals surface area contributed by atoms with Crippen LogP contribution < -0.4 is 10.5 Å². The van der Waals surface area contributed by atoms with Crippen LogP contribution >= 0.6 is 0 Å². The van der Waals surface area contributed by atoms with E-state index in [9.17, 15) is 0 Å². The minimum atomic E-state index is 0.450. The third-order valence-corrected chi connectivity index (χ3v) is 3.67. The molecule has 0 aromatic heterocycles. The zero-order valence-corrected chi connectivity index (χ0v) is 11.6. The molecule has 0 heterocycles. The summed E-state index contributed by atoms with van der Waals surface area (Å²) in [5.74, 6) is 0.890. The van der Waals surface area contributed by atoms with E-state index in [1.807, 2.05) is 24.3 Å². The zero-order chi connectivity index (χ0) is 13.3. The highest BCUT2D eigenvalue weighted by Gasteiger charge is 2.12. The van der Waals surface area contributed by atoms with Crippen LogP contribution in [-0.2, 0) is 11.3 Å². The Hall–Kier alpha value is -1.06. The lowest BCUT2D eigenvalue weighted by molar-refractivity contribution is 0.0254. The molecule has 2 N–H and O–H groups in total. The summed E-state index contributed by atoms with van der Waals surface area (Å²) in [4.78, 5) is 0. The summed E-state index contributed by atoms with van der Waals surface area (Å²) in [5.41, 5.74) is 6.68. The highest BCUT2D eigenvalue weighted by molar-refractivity contribution is 5.26. The van der Waals surface area contributed by atoms with Gasteiger partial charge in [0.2, 0.25) is 0 Å². The van der Waals surface area contributed by atoms with E-state index in [4.69, 9.17) is 15.2 Å². The van der Waals surface area contributed by atoms with Crippen LogP contribution in [0.25, 0.3) is 0 Å². The van der Waals surface area contributed by atoms with E-state index < -0.39 is 0 Å². The molecule has 1 aromatic carbocycles. The Morgan fingerprint density at radius 3 is 2.26 bits per heavy atom. The topological polar surface area (TPSA) is 44.5 Å². The molecule has 1 fully saturated rings. The van der Waals surface area contributed by atoms with Crippen LogP contribution in [0.4, 0.5) is 0 Å². The van der Waals surface area contributed by atoms with Gasteiger partial charge in [0.1, 0.15) is 12.4 Å². The van der Waals surface area contributed by atoms with Gasteiger partial charge in [-0.15, -0.1) is 0 Å². The molecule has 2 rings (SSSR count). The monoisotopic (exact) mass is 263 g/mol. The number of nitrogens with two attached hydrogens (primary N) is 1. The lowest BCUT2D eigenvalue weighted by Crippen LogP contribution is -2.16. The molecule has 19 heavy (non-hydrogen) atoms. The summed E-state index contributed by atoms with van der Waals surface area (Å²) in [7, 11) is 0. The maximum atomic E-state index is 5.88. The predicted molar refractivity (Wildman–Crippen MR) is 77.3 cm³/mol. The first-order valence-corrected chi connectivity index (χ1v) is 7.42. The molecule has 3 heteroatoms. The molecule has 3 nitrogen and oxygen atoms in total. The fraction of sp³-hybridized carbons (Fsp3) is 0.625. The van der Waals surface area contributed by atoms with E-state index in [2.05, 4.69) is 0 Å². The van der Waals surface area contributed by atoms with Crippen molar-refractivity contribution in [3.05, 3.63) is 29.8 Å². The third-order valence-electron chi connectivity index (χ3n) is 3.67. The van der Waals surface area contributed by atoms with Crippen molar-refractivity contribution >= 4 is 0 Å². The standard InChI is InChI=1S/C16H25NO2/c17-13-14-7-9-16(10-8-14)19-12-11-18-15-5-3-1-2-4-6-15/h7-10,15H,1-6,11-13,17H2. The van der Waals surface area contributed by atoms with Crippen molar-refractivity contribution in [1.82, 2.24) is 0 Å². The maximum absolute atomic E-state index is 5.88. The van der Waals surface area contributed by atoms with Gasteiger partial charge in [0, 0.05) is 6.54 Å². The van der Waals surface area contributed by atoms with Crippen molar-refractivity contribution in [3.63, 3.8) is 0 Å². The van der Waals surface area contributed by atoms with Crippen molar-refractivity contribution in [2.24, 2.45) is 5.73 Å². The van der Waals surface area contributed by atoms with Gasteiger partial charge >= 0.3 is 0 Å². The van der Waals surface area contributed by atoms with Crippen molar-refractivity contribution in [2.45, 2.75) is 51.2 Å². The summed E-state index contributed by atoms with van der Waals surface area (Å²) in [5, 5.41) is 0. The Balaban J connectivity index is 1.62. The van der Waals surface area contributed by atoms with E-state index >= 15 is 0 Å². The molecule has 0 amide bonds. The van der Waals surface area contributed by atoms with Crippen LogP contribution in [0.15, 0.2) is 24.3 Å². The average molecular weight is 263 g/mol. The molecule has 0 aliphatic heterocycles. The fourth-order valence-electron chi connectivity index (χ4n) is 2.50. The van der Waals surface area contributed by atoms with Crippen LogP contribution in [0.5, 0.6) is 5.75 Å². The first kappa shape index (κ1) is 14.4. The van der Waals surface area contributed by atoms with Gasteiger partial charge in [-0.2, -0.15) is 0 Å². The summed E-state index contributed by atoms with van der Waals surface area (Å²) in [6.07, 6.45) is 8.23. The van der Waals surface area contributed by atoms with E-state index in [1.165, 1.54) is 38.5 Å². The number of benzene rings is 1. The fourth-order valence-corrected chi connectivity index (χ4v) is 2.50. The van der Waals surface area contributed by atoms with Crippen molar-refractivity contribution in [1.29, 1.82) is 0 Å². The molecule has 0 unspecified atom stereocenters. The number of rotatable bonds is 6. The lowest BCUT2D eigenvalue weighted by atomic mass is 10.1. The average Bonchev–Trinajstić information content (AvgIpc) is 2.73. The summed E-state index contributed by atoms with van der Waals surface area (Å²) in [6, 6.07) is 7.94. The second kappa shape index (κ2) is 8.18. The molecule has 0 spiro atoms. The summed E-state index contributed by atoms with van der Waals surface area (Å²) in [6.45, 7) is 1.88. The van der Waals surface area contributed by atoms with Gasteiger partial charge in [0.05, 0.1) is 12.7 Å². The number of hydrogen-bond acceptors (Lipinski definition) is 3. The Morgan fingerprint density at radius 1 is 0.947 bits per heavy atom. The number of ether oxygens (including phenoxy) is 2. The minimum Gasteiger partial charge on any atom is -0.491 e. The Kier molecular flexibility index (Phi) is 6.18. The van der Waals surface area contributed by atoms with Gasteiger partial charge in [0.15, 0.2) is 0 Å². The Bertz CT molecular complexity index is 342. The van der Waals surface area contributed by atoms with Gasteiger partial charge < -0.3 is 15.2 Å². The van der Waals surface area contributed by atoms with Gasteiger partial charge in [-0.1, -0.05) is 37.8 Å². The maximum Gasteiger partial charge on any atom is 0.119 e. The van der Waals surface area contributed by atoms with Crippen LogP contribution in [0.1, 0.15) is 44.1 Å². The zero-order valence-electron chi connectivity index (χ0n) is 11.6. The minimum absolute atomic E-state index is 0.450. The molecule has 0 radical (unpaired) electrons. The molecule has 0 bridgehead atoms.